The lowest BCUT2D eigenvalue weighted by atomic mass is 10.0. The lowest BCUT2D eigenvalue weighted by Gasteiger charge is -2.28. The van der Waals surface area contributed by atoms with Gasteiger partial charge >= 0.3 is 0 Å². The molecule has 3 aromatic heterocycles. The van der Waals surface area contributed by atoms with E-state index in [1.807, 2.05) is 24.4 Å². The van der Waals surface area contributed by atoms with Crippen molar-refractivity contribution in [1.29, 1.82) is 0 Å². The van der Waals surface area contributed by atoms with Crippen LogP contribution in [0.5, 0.6) is 5.75 Å². The number of hydrogen-bond acceptors (Lipinski definition) is 5. The summed E-state index contributed by atoms with van der Waals surface area (Å²) in [7, 11) is 0. The molecule has 2 aliphatic rings. The minimum atomic E-state index is -0.124. The fraction of sp³-hybridized carbons (Fsp3) is 0.233. The van der Waals surface area contributed by atoms with Crippen molar-refractivity contribution in [2.75, 3.05) is 4.90 Å². The molecule has 6 nitrogen and oxygen atoms in total. The topological polar surface area (TPSA) is 55.2 Å². The van der Waals surface area contributed by atoms with Crippen LogP contribution in [-0.2, 0) is 0 Å². The van der Waals surface area contributed by atoms with E-state index in [4.69, 9.17) is 26.9 Å². The number of nitrogens with zero attached hydrogens (tertiary/aromatic N) is 4. The van der Waals surface area contributed by atoms with Crippen LogP contribution in [0.4, 0.5) is 5.69 Å². The standard InChI is InChI=1S/C30H27N5OS2/c37-29-33-27(24-11-5-6-18-31-24)28(35(29)20-14-16-22(17-15-20)36-21-8-1-2-9-21)25-12-7-19-34(25)30-32-23-10-3-4-13-26(23)38-30/h3-7,10-19,21,27-28H,1-2,8-9H2,(H,33,37)/t27-,28-/m0/s1. The Morgan fingerprint density at radius 3 is 2.53 bits per heavy atom. The monoisotopic (exact) mass is 537 g/mol. The largest absolute Gasteiger partial charge is 0.490 e. The molecule has 1 saturated carbocycles. The number of anilines is 1. The van der Waals surface area contributed by atoms with Crippen molar-refractivity contribution in [1.82, 2.24) is 19.9 Å². The highest BCUT2D eigenvalue weighted by atomic mass is 32.1. The molecule has 0 unspecified atom stereocenters. The SMILES string of the molecule is S=C1N[C@@H](c2ccccn2)[C@H](c2cccn2-c2nc3ccccc3s2)N1c1ccc(OC2CCCC2)cc1. The maximum Gasteiger partial charge on any atom is 0.194 e. The number of ether oxygens (including phenoxy) is 1. The summed E-state index contributed by atoms with van der Waals surface area (Å²) >= 11 is 7.63. The van der Waals surface area contributed by atoms with E-state index in [2.05, 4.69) is 81.6 Å². The third-order valence-corrected chi connectivity index (χ3v) is 8.74. The zero-order valence-corrected chi connectivity index (χ0v) is 22.4. The summed E-state index contributed by atoms with van der Waals surface area (Å²) < 4.78 is 9.58. The molecular weight excluding hydrogens is 510 g/mol. The predicted molar refractivity (Wildman–Crippen MR) is 156 cm³/mol. The van der Waals surface area contributed by atoms with Gasteiger partial charge in [0.1, 0.15) is 11.8 Å². The Labute approximate surface area is 230 Å². The number of hydrogen-bond donors (Lipinski definition) is 1. The van der Waals surface area contributed by atoms with Gasteiger partial charge in [-0.3, -0.25) is 9.55 Å². The van der Waals surface area contributed by atoms with Crippen LogP contribution < -0.4 is 15.0 Å². The first kappa shape index (κ1) is 23.4. The normalized spacial score (nSPS) is 19.8. The van der Waals surface area contributed by atoms with Crippen molar-refractivity contribution in [3.63, 3.8) is 0 Å². The number of para-hydroxylation sites is 1. The Balaban J connectivity index is 1.29. The van der Waals surface area contributed by atoms with Crippen LogP contribution in [0.25, 0.3) is 15.3 Å². The molecule has 1 N–H and O–H groups in total. The molecule has 5 aromatic rings. The number of rotatable bonds is 6. The average molecular weight is 538 g/mol. The molecule has 0 amide bonds. The number of thiocarbonyl (C=S) groups is 1. The van der Waals surface area contributed by atoms with Crippen molar-refractivity contribution in [3.8, 4) is 10.9 Å². The molecule has 0 radical (unpaired) electrons. The van der Waals surface area contributed by atoms with Gasteiger partial charge in [0.2, 0.25) is 0 Å². The van der Waals surface area contributed by atoms with Gasteiger partial charge in [0.05, 0.1) is 33.8 Å². The van der Waals surface area contributed by atoms with Crippen molar-refractivity contribution >= 4 is 44.6 Å². The molecule has 2 atom stereocenters. The van der Waals surface area contributed by atoms with Crippen LogP contribution in [-0.4, -0.2) is 25.8 Å². The van der Waals surface area contributed by atoms with Gasteiger partial charge in [-0.2, -0.15) is 0 Å². The molecule has 7 rings (SSSR count). The highest BCUT2D eigenvalue weighted by Gasteiger charge is 2.42. The smallest absolute Gasteiger partial charge is 0.194 e. The first-order valence-electron chi connectivity index (χ1n) is 13.1. The molecular formula is C30H27N5OS2. The summed E-state index contributed by atoms with van der Waals surface area (Å²) in [6, 6.07) is 26.6. The molecule has 38 heavy (non-hydrogen) atoms. The van der Waals surface area contributed by atoms with Crippen molar-refractivity contribution < 1.29 is 4.74 Å². The van der Waals surface area contributed by atoms with Gasteiger partial charge in [-0.05, 0) is 98.6 Å². The van der Waals surface area contributed by atoms with Gasteiger partial charge in [0.15, 0.2) is 10.2 Å². The average Bonchev–Trinajstić information content (AvgIpc) is 3.75. The summed E-state index contributed by atoms with van der Waals surface area (Å²) in [6.07, 6.45) is 9.02. The van der Waals surface area contributed by atoms with Crippen LogP contribution in [0.1, 0.15) is 49.2 Å². The lowest BCUT2D eigenvalue weighted by molar-refractivity contribution is 0.210. The van der Waals surface area contributed by atoms with E-state index in [-0.39, 0.29) is 12.1 Å². The van der Waals surface area contributed by atoms with Crippen molar-refractivity contribution in [2.24, 2.45) is 0 Å². The second kappa shape index (κ2) is 9.85. The summed E-state index contributed by atoms with van der Waals surface area (Å²) in [5.41, 5.74) is 4.06. The Morgan fingerprint density at radius 1 is 0.921 bits per heavy atom. The molecule has 0 spiro atoms. The van der Waals surface area contributed by atoms with Crippen molar-refractivity contribution in [2.45, 2.75) is 43.9 Å². The number of benzene rings is 2. The molecule has 1 aliphatic heterocycles. The Morgan fingerprint density at radius 2 is 1.74 bits per heavy atom. The van der Waals surface area contributed by atoms with Crippen LogP contribution in [0, 0.1) is 0 Å². The van der Waals surface area contributed by atoms with Gasteiger partial charge in [0.25, 0.3) is 0 Å². The molecule has 1 aliphatic carbocycles. The van der Waals surface area contributed by atoms with Gasteiger partial charge in [-0.15, -0.1) is 0 Å². The summed E-state index contributed by atoms with van der Waals surface area (Å²) in [6.45, 7) is 0. The second-order valence-corrected chi connectivity index (χ2v) is 11.2. The number of aromatic nitrogens is 3. The fourth-order valence-corrected chi connectivity index (χ4v) is 6.91. The van der Waals surface area contributed by atoms with Crippen LogP contribution in [0.3, 0.4) is 0 Å². The van der Waals surface area contributed by atoms with E-state index in [0.717, 1.165) is 46.3 Å². The lowest BCUT2D eigenvalue weighted by Crippen LogP contribution is -2.30. The van der Waals surface area contributed by atoms with Crippen LogP contribution in [0.2, 0.25) is 0 Å². The maximum absolute atomic E-state index is 6.23. The van der Waals surface area contributed by atoms with E-state index in [9.17, 15) is 0 Å². The number of pyridine rings is 1. The predicted octanol–water partition coefficient (Wildman–Crippen LogP) is 6.98. The first-order valence-corrected chi connectivity index (χ1v) is 14.3. The summed E-state index contributed by atoms with van der Waals surface area (Å²) in [5.74, 6) is 0.911. The van der Waals surface area contributed by atoms with Gasteiger partial charge in [-0.25, -0.2) is 4.98 Å². The molecule has 1 saturated heterocycles. The molecule has 190 valence electrons. The zero-order chi connectivity index (χ0) is 25.5. The Hall–Kier alpha value is -3.75. The Bertz CT molecular complexity index is 1540. The fourth-order valence-electron chi connectivity index (χ4n) is 5.59. The van der Waals surface area contributed by atoms with Crippen LogP contribution in [0.15, 0.2) is 91.3 Å². The van der Waals surface area contributed by atoms with E-state index >= 15 is 0 Å². The Kier molecular flexibility index (Phi) is 6.06. The third kappa shape index (κ3) is 4.23. The van der Waals surface area contributed by atoms with Crippen LogP contribution >= 0.6 is 23.6 Å². The first-order chi connectivity index (χ1) is 18.7. The minimum Gasteiger partial charge on any atom is -0.490 e. The molecule has 8 heteroatoms. The summed E-state index contributed by atoms with van der Waals surface area (Å²) in [5, 5.41) is 5.18. The van der Waals surface area contributed by atoms with Gasteiger partial charge in [-0.1, -0.05) is 29.5 Å². The molecule has 0 bridgehead atoms. The number of thiazole rings is 1. The van der Waals surface area contributed by atoms with Gasteiger partial charge in [0, 0.05) is 18.1 Å². The highest BCUT2D eigenvalue weighted by molar-refractivity contribution is 7.80. The highest BCUT2D eigenvalue weighted by Crippen LogP contribution is 2.43. The van der Waals surface area contributed by atoms with E-state index < -0.39 is 0 Å². The third-order valence-electron chi connectivity index (χ3n) is 7.39. The number of fused-ring (bicyclic) bond motifs is 1. The van der Waals surface area contributed by atoms with E-state index in [1.54, 1.807) is 11.3 Å². The zero-order valence-electron chi connectivity index (χ0n) is 20.7. The minimum absolute atomic E-state index is 0.124. The molecule has 2 fully saturated rings. The molecule has 4 heterocycles. The number of nitrogens with one attached hydrogen (secondary N) is 1. The second-order valence-electron chi connectivity index (χ2n) is 9.78. The van der Waals surface area contributed by atoms with Gasteiger partial charge < -0.3 is 15.0 Å². The van der Waals surface area contributed by atoms with E-state index in [1.165, 1.54) is 17.5 Å². The maximum atomic E-state index is 6.23. The summed E-state index contributed by atoms with van der Waals surface area (Å²) in [4.78, 5) is 11.8. The van der Waals surface area contributed by atoms with Crippen molar-refractivity contribution in [3.05, 3.63) is 103 Å². The quantitative estimate of drug-likeness (QED) is 0.236. The van der Waals surface area contributed by atoms with E-state index in [0.29, 0.717) is 11.2 Å². The molecule has 2 aromatic carbocycles.